The lowest BCUT2D eigenvalue weighted by Gasteiger charge is -2.50. The number of hydrogen-bond donors (Lipinski definition) is 1. The van der Waals surface area contributed by atoms with E-state index in [0.29, 0.717) is 11.6 Å². The first-order chi connectivity index (χ1) is 8.61. The van der Waals surface area contributed by atoms with Gasteiger partial charge in [0.25, 0.3) is 0 Å². The Morgan fingerprint density at radius 2 is 1.89 bits per heavy atom. The first-order valence-electron chi connectivity index (χ1n) is 8.09. The second-order valence-electron chi connectivity index (χ2n) is 6.84. The SMILES string of the molecule is CCC1(CC)CNC(C(C)C)CN1CCC1CC1. The smallest absolute Gasteiger partial charge is 0.0329 e. The molecule has 2 rings (SSSR count). The van der Waals surface area contributed by atoms with Crippen LogP contribution in [-0.4, -0.2) is 36.1 Å². The van der Waals surface area contributed by atoms with E-state index in [-0.39, 0.29) is 0 Å². The fourth-order valence-electron chi connectivity index (χ4n) is 3.40. The average Bonchev–Trinajstić information content (AvgIpc) is 3.20. The van der Waals surface area contributed by atoms with Crippen LogP contribution in [0.3, 0.4) is 0 Å². The molecule has 0 aromatic heterocycles. The fraction of sp³-hybridized carbons (Fsp3) is 1.00. The summed E-state index contributed by atoms with van der Waals surface area (Å²) in [6.45, 7) is 13.2. The number of hydrogen-bond acceptors (Lipinski definition) is 2. The molecule has 0 aromatic carbocycles. The molecule has 1 saturated heterocycles. The van der Waals surface area contributed by atoms with Crippen LogP contribution in [0.15, 0.2) is 0 Å². The molecule has 1 heterocycles. The average molecular weight is 252 g/mol. The zero-order chi connectivity index (χ0) is 13.2. The number of piperazine rings is 1. The highest BCUT2D eigenvalue weighted by Crippen LogP contribution is 2.35. The summed E-state index contributed by atoms with van der Waals surface area (Å²) in [5.41, 5.74) is 0.431. The van der Waals surface area contributed by atoms with Crippen LogP contribution in [-0.2, 0) is 0 Å². The maximum absolute atomic E-state index is 3.80. The minimum absolute atomic E-state index is 0.431. The molecule has 0 aromatic rings. The maximum Gasteiger partial charge on any atom is 0.0329 e. The van der Waals surface area contributed by atoms with E-state index >= 15 is 0 Å². The highest BCUT2D eigenvalue weighted by atomic mass is 15.3. The van der Waals surface area contributed by atoms with Crippen molar-refractivity contribution < 1.29 is 0 Å². The summed E-state index contributed by atoms with van der Waals surface area (Å²) in [4.78, 5) is 2.83. The van der Waals surface area contributed by atoms with E-state index in [1.165, 1.54) is 51.7 Å². The van der Waals surface area contributed by atoms with Crippen molar-refractivity contribution >= 4 is 0 Å². The van der Waals surface area contributed by atoms with Crippen molar-refractivity contribution in [2.75, 3.05) is 19.6 Å². The van der Waals surface area contributed by atoms with Gasteiger partial charge in [0.15, 0.2) is 0 Å². The topological polar surface area (TPSA) is 15.3 Å². The van der Waals surface area contributed by atoms with Crippen molar-refractivity contribution in [1.82, 2.24) is 10.2 Å². The van der Waals surface area contributed by atoms with Gasteiger partial charge < -0.3 is 5.32 Å². The van der Waals surface area contributed by atoms with Crippen molar-refractivity contribution in [1.29, 1.82) is 0 Å². The van der Waals surface area contributed by atoms with Gasteiger partial charge in [-0.25, -0.2) is 0 Å². The third kappa shape index (κ3) is 3.08. The van der Waals surface area contributed by atoms with E-state index in [4.69, 9.17) is 0 Å². The van der Waals surface area contributed by atoms with Gasteiger partial charge in [0.1, 0.15) is 0 Å². The lowest BCUT2D eigenvalue weighted by atomic mass is 9.85. The van der Waals surface area contributed by atoms with E-state index < -0.39 is 0 Å². The Bertz CT molecular complexity index is 254. The van der Waals surface area contributed by atoms with Crippen molar-refractivity contribution in [2.45, 2.75) is 71.4 Å². The van der Waals surface area contributed by atoms with Gasteiger partial charge in [0.2, 0.25) is 0 Å². The van der Waals surface area contributed by atoms with Gasteiger partial charge in [-0.2, -0.15) is 0 Å². The molecule has 18 heavy (non-hydrogen) atoms. The molecule has 0 amide bonds. The molecule has 0 spiro atoms. The molecule has 1 N–H and O–H groups in total. The molecule has 106 valence electrons. The molecule has 1 aliphatic heterocycles. The molecule has 0 bridgehead atoms. The fourth-order valence-corrected chi connectivity index (χ4v) is 3.40. The van der Waals surface area contributed by atoms with Crippen LogP contribution in [0.5, 0.6) is 0 Å². The molecule has 1 unspecified atom stereocenters. The minimum Gasteiger partial charge on any atom is -0.311 e. The molecule has 2 aliphatic rings. The van der Waals surface area contributed by atoms with Crippen LogP contribution in [0.25, 0.3) is 0 Å². The van der Waals surface area contributed by atoms with Gasteiger partial charge >= 0.3 is 0 Å². The Morgan fingerprint density at radius 3 is 2.39 bits per heavy atom. The highest BCUT2D eigenvalue weighted by molar-refractivity contribution is 4.98. The zero-order valence-corrected chi connectivity index (χ0v) is 12.8. The van der Waals surface area contributed by atoms with Crippen LogP contribution in [0.4, 0.5) is 0 Å². The van der Waals surface area contributed by atoms with E-state index in [1.54, 1.807) is 0 Å². The van der Waals surface area contributed by atoms with Crippen molar-refractivity contribution in [3.8, 4) is 0 Å². The Kier molecular flexibility index (Phi) is 4.71. The largest absolute Gasteiger partial charge is 0.311 e. The number of nitrogens with zero attached hydrogens (tertiary/aromatic N) is 1. The Hall–Kier alpha value is -0.0800. The lowest BCUT2D eigenvalue weighted by Crippen LogP contribution is -2.65. The summed E-state index contributed by atoms with van der Waals surface area (Å²) in [6, 6.07) is 0.690. The van der Waals surface area contributed by atoms with Crippen molar-refractivity contribution in [3.05, 3.63) is 0 Å². The minimum atomic E-state index is 0.431. The molecular weight excluding hydrogens is 220 g/mol. The van der Waals surface area contributed by atoms with E-state index in [1.807, 2.05) is 0 Å². The summed E-state index contributed by atoms with van der Waals surface area (Å²) < 4.78 is 0. The van der Waals surface area contributed by atoms with Gasteiger partial charge in [0, 0.05) is 24.7 Å². The Labute approximate surface area is 114 Å². The maximum atomic E-state index is 3.80. The number of rotatable bonds is 6. The summed E-state index contributed by atoms with van der Waals surface area (Å²) in [7, 11) is 0. The first kappa shape index (κ1) is 14.3. The predicted molar refractivity (Wildman–Crippen MR) is 78.9 cm³/mol. The Morgan fingerprint density at radius 1 is 1.22 bits per heavy atom. The molecule has 1 saturated carbocycles. The van der Waals surface area contributed by atoms with Crippen LogP contribution >= 0.6 is 0 Å². The predicted octanol–water partition coefficient (Wildman–Crippen LogP) is 3.28. The second kappa shape index (κ2) is 5.92. The lowest BCUT2D eigenvalue weighted by molar-refractivity contribution is 0.0205. The summed E-state index contributed by atoms with van der Waals surface area (Å²) in [5.74, 6) is 1.81. The van der Waals surface area contributed by atoms with E-state index in [0.717, 1.165) is 11.8 Å². The van der Waals surface area contributed by atoms with Gasteiger partial charge in [-0.1, -0.05) is 40.5 Å². The highest BCUT2D eigenvalue weighted by Gasteiger charge is 2.39. The van der Waals surface area contributed by atoms with Crippen molar-refractivity contribution in [2.24, 2.45) is 11.8 Å². The molecule has 2 fully saturated rings. The zero-order valence-electron chi connectivity index (χ0n) is 12.8. The van der Waals surface area contributed by atoms with Crippen molar-refractivity contribution in [3.63, 3.8) is 0 Å². The molecule has 1 atom stereocenters. The molecular formula is C16H32N2. The van der Waals surface area contributed by atoms with Crippen LogP contribution in [0, 0.1) is 11.8 Å². The molecule has 0 radical (unpaired) electrons. The van der Waals surface area contributed by atoms with Gasteiger partial charge in [-0.3, -0.25) is 4.90 Å². The second-order valence-corrected chi connectivity index (χ2v) is 6.84. The van der Waals surface area contributed by atoms with Gasteiger partial charge in [-0.15, -0.1) is 0 Å². The number of nitrogens with one attached hydrogen (secondary N) is 1. The van der Waals surface area contributed by atoms with E-state index in [2.05, 4.69) is 37.9 Å². The normalized spacial score (nSPS) is 28.8. The molecule has 2 heteroatoms. The standard InChI is InChI=1S/C16H32N2/c1-5-16(6-2)12-17-15(13(3)4)11-18(16)10-9-14-7-8-14/h13-15,17H,5-12H2,1-4H3. The summed E-state index contributed by atoms with van der Waals surface area (Å²) >= 11 is 0. The first-order valence-corrected chi connectivity index (χ1v) is 8.09. The third-order valence-corrected chi connectivity index (χ3v) is 5.41. The van der Waals surface area contributed by atoms with Gasteiger partial charge in [-0.05, 0) is 37.6 Å². The molecule has 1 aliphatic carbocycles. The van der Waals surface area contributed by atoms with E-state index in [9.17, 15) is 0 Å². The monoisotopic (exact) mass is 252 g/mol. The van der Waals surface area contributed by atoms with Crippen LogP contribution < -0.4 is 5.32 Å². The van der Waals surface area contributed by atoms with Crippen LogP contribution in [0.2, 0.25) is 0 Å². The quantitative estimate of drug-likeness (QED) is 0.780. The Balaban J connectivity index is 1.99. The van der Waals surface area contributed by atoms with Crippen LogP contribution in [0.1, 0.15) is 59.8 Å². The summed E-state index contributed by atoms with van der Waals surface area (Å²) in [5, 5.41) is 3.80. The molecule has 2 nitrogen and oxygen atoms in total. The third-order valence-electron chi connectivity index (χ3n) is 5.41. The van der Waals surface area contributed by atoms with Gasteiger partial charge in [0.05, 0.1) is 0 Å². The summed E-state index contributed by atoms with van der Waals surface area (Å²) in [6.07, 6.45) is 6.99.